The Kier molecular flexibility index (Phi) is 2.65. The summed E-state index contributed by atoms with van der Waals surface area (Å²) in [6, 6.07) is 0. The van der Waals surface area contributed by atoms with Gasteiger partial charge in [-0.3, -0.25) is 0 Å². The SMILES string of the molecule is C=CCOC(C)(C)[C@@H]1O[C@@H]1C=O. The van der Waals surface area contributed by atoms with Crippen molar-refractivity contribution in [3.8, 4) is 0 Å². The third kappa shape index (κ3) is 1.93. The first-order valence-electron chi connectivity index (χ1n) is 3.97. The van der Waals surface area contributed by atoms with Crippen molar-refractivity contribution in [1.82, 2.24) is 0 Å². The Balaban J connectivity index is 2.38. The lowest BCUT2D eigenvalue weighted by Gasteiger charge is -2.21. The van der Waals surface area contributed by atoms with E-state index in [2.05, 4.69) is 6.58 Å². The number of carbonyl (C=O) groups excluding carboxylic acids is 1. The second-order valence-electron chi connectivity index (χ2n) is 3.36. The normalized spacial score (nSPS) is 28.2. The molecule has 1 heterocycles. The fraction of sp³-hybridized carbons (Fsp3) is 0.667. The third-order valence-corrected chi connectivity index (χ3v) is 1.92. The highest BCUT2D eigenvalue weighted by Crippen LogP contribution is 2.33. The molecule has 1 aliphatic rings. The Labute approximate surface area is 72.4 Å². The molecule has 3 heteroatoms. The average molecular weight is 170 g/mol. The summed E-state index contributed by atoms with van der Waals surface area (Å²) >= 11 is 0. The summed E-state index contributed by atoms with van der Waals surface area (Å²) in [4.78, 5) is 10.3. The zero-order valence-corrected chi connectivity index (χ0v) is 7.45. The van der Waals surface area contributed by atoms with Crippen LogP contribution in [0.3, 0.4) is 0 Å². The van der Waals surface area contributed by atoms with Crippen molar-refractivity contribution in [2.45, 2.75) is 31.7 Å². The van der Waals surface area contributed by atoms with Gasteiger partial charge in [0.25, 0.3) is 0 Å². The van der Waals surface area contributed by atoms with E-state index in [-0.39, 0.29) is 17.8 Å². The van der Waals surface area contributed by atoms with Crippen molar-refractivity contribution in [3.63, 3.8) is 0 Å². The lowest BCUT2D eigenvalue weighted by atomic mass is 10.0. The number of hydrogen-bond donors (Lipinski definition) is 0. The standard InChI is InChI=1S/C9H14O3/c1-4-5-11-9(2,3)8-7(6-10)12-8/h4,6-8H,1,5H2,2-3H3/t7-,8-/m1/s1. The molecule has 0 radical (unpaired) electrons. The quantitative estimate of drug-likeness (QED) is 0.350. The summed E-state index contributed by atoms with van der Waals surface area (Å²) in [6.07, 6.45) is 2.13. The van der Waals surface area contributed by atoms with Gasteiger partial charge in [-0.1, -0.05) is 6.08 Å². The molecule has 3 nitrogen and oxygen atoms in total. The van der Waals surface area contributed by atoms with Crippen LogP contribution in [0.4, 0.5) is 0 Å². The van der Waals surface area contributed by atoms with E-state index in [0.29, 0.717) is 6.61 Å². The Morgan fingerprint density at radius 3 is 2.75 bits per heavy atom. The van der Waals surface area contributed by atoms with Gasteiger partial charge in [-0.15, -0.1) is 6.58 Å². The van der Waals surface area contributed by atoms with Crippen molar-refractivity contribution in [3.05, 3.63) is 12.7 Å². The highest BCUT2D eigenvalue weighted by atomic mass is 16.6. The monoisotopic (exact) mass is 170 g/mol. The number of ether oxygens (including phenoxy) is 2. The van der Waals surface area contributed by atoms with E-state index in [0.717, 1.165) is 6.29 Å². The van der Waals surface area contributed by atoms with Crippen molar-refractivity contribution < 1.29 is 14.3 Å². The molecule has 0 bridgehead atoms. The summed E-state index contributed by atoms with van der Waals surface area (Å²) in [7, 11) is 0. The molecule has 0 aromatic rings. The van der Waals surface area contributed by atoms with Crippen molar-refractivity contribution in [1.29, 1.82) is 0 Å². The van der Waals surface area contributed by atoms with Gasteiger partial charge in [0.2, 0.25) is 0 Å². The van der Waals surface area contributed by atoms with Gasteiger partial charge < -0.3 is 14.3 Å². The third-order valence-electron chi connectivity index (χ3n) is 1.92. The minimum absolute atomic E-state index is 0.0880. The van der Waals surface area contributed by atoms with Gasteiger partial charge in [-0.05, 0) is 13.8 Å². The Morgan fingerprint density at radius 1 is 1.67 bits per heavy atom. The van der Waals surface area contributed by atoms with Crippen molar-refractivity contribution in [2.75, 3.05) is 6.61 Å². The van der Waals surface area contributed by atoms with Crippen LogP contribution in [0.15, 0.2) is 12.7 Å². The van der Waals surface area contributed by atoms with E-state index in [4.69, 9.17) is 9.47 Å². The molecule has 0 amide bonds. The molecule has 68 valence electrons. The van der Waals surface area contributed by atoms with Gasteiger partial charge in [0.1, 0.15) is 12.2 Å². The Morgan fingerprint density at radius 2 is 2.33 bits per heavy atom. The molecular weight excluding hydrogens is 156 g/mol. The molecule has 0 aliphatic carbocycles. The van der Waals surface area contributed by atoms with Crippen LogP contribution in [0.2, 0.25) is 0 Å². The zero-order valence-electron chi connectivity index (χ0n) is 7.45. The maximum atomic E-state index is 10.3. The average Bonchev–Trinajstić information content (AvgIpc) is 2.80. The van der Waals surface area contributed by atoms with Gasteiger partial charge in [0.15, 0.2) is 6.29 Å². The van der Waals surface area contributed by atoms with Gasteiger partial charge in [-0.2, -0.15) is 0 Å². The first kappa shape index (κ1) is 9.42. The molecule has 0 unspecified atom stereocenters. The molecule has 1 aliphatic heterocycles. The Bertz CT molecular complexity index is 186. The van der Waals surface area contributed by atoms with Crippen LogP contribution in [0.25, 0.3) is 0 Å². The smallest absolute Gasteiger partial charge is 0.151 e. The van der Waals surface area contributed by atoms with E-state index in [9.17, 15) is 4.79 Å². The lowest BCUT2D eigenvalue weighted by Crippen LogP contribution is -2.33. The first-order chi connectivity index (χ1) is 5.61. The largest absolute Gasteiger partial charge is 0.369 e. The fourth-order valence-electron chi connectivity index (χ4n) is 1.14. The summed E-state index contributed by atoms with van der Waals surface area (Å²) in [5, 5.41) is 0. The lowest BCUT2D eigenvalue weighted by molar-refractivity contribution is -0.108. The van der Waals surface area contributed by atoms with E-state index in [1.54, 1.807) is 6.08 Å². The molecule has 0 aromatic carbocycles. The van der Waals surface area contributed by atoms with E-state index in [1.807, 2.05) is 13.8 Å². The molecule has 0 saturated carbocycles. The highest BCUT2D eigenvalue weighted by molar-refractivity contribution is 5.61. The second kappa shape index (κ2) is 3.37. The highest BCUT2D eigenvalue weighted by Gasteiger charge is 2.50. The summed E-state index contributed by atoms with van der Waals surface area (Å²) in [5.41, 5.74) is -0.389. The summed E-state index contributed by atoms with van der Waals surface area (Å²) < 4.78 is 10.5. The van der Waals surface area contributed by atoms with Gasteiger partial charge in [-0.25, -0.2) is 0 Å². The summed E-state index contributed by atoms with van der Waals surface area (Å²) in [5.74, 6) is 0. The second-order valence-corrected chi connectivity index (χ2v) is 3.36. The molecule has 1 rings (SSSR count). The van der Waals surface area contributed by atoms with E-state index >= 15 is 0 Å². The summed E-state index contributed by atoms with van der Waals surface area (Å²) in [6.45, 7) is 7.85. The first-order valence-corrected chi connectivity index (χ1v) is 3.97. The predicted octanol–water partition coefficient (Wildman–Crippen LogP) is 0.934. The predicted molar refractivity (Wildman–Crippen MR) is 45.0 cm³/mol. The van der Waals surface area contributed by atoms with Crippen LogP contribution in [0.1, 0.15) is 13.8 Å². The molecule has 0 spiro atoms. The number of carbonyl (C=O) groups is 1. The van der Waals surface area contributed by atoms with E-state index < -0.39 is 0 Å². The van der Waals surface area contributed by atoms with Crippen LogP contribution in [-0.4, -0.2) is 30.7 Å². The maximum Gasteiger partial charge on any atom is 0.151 e. The van der Waals surface area contributed by atoms with E-state index in [1.165, 1.54) is 0 Å². The van der Waals surface area contributed by atoms with Gasteiger partial charge >= 0.3 is 0 Å². The molecule has 1 fully saturated rings. The Hall–Kier alpha value is -0.670. The van der Waals surface area contributed by atoms with Crippen LogP contribution >= 0.6 is 0 Å². The van der Waals surface area contributed by atoms with Crippen LogP contribution < -0.4 is 0 Å². The number of epoxide rings is 1. The minimum atomic E-state index is -0.389. The molecule has 0 N–H and O–H groups in total. The van der Waals surface area contributed by atoms with Gasteiger partial charge in [0, 0.05) is 0 Å². The fourth-order valence-corrected chi connectivity index (χ4v) is 1.14. The molecule has 2 atom stereocenters. The van der Waals surface area contributed by atoms with Crippen molar-refractivity contribution in [2.24, 2.45) is 0 Å². The number of aldehydes is 1. The van der Waals surface area contributed by atoms with Gasteiger partial charge in [0.05, 0.1) is 12.2 Å². The minimum Gasteiger partial charge on any atom is -0.369 e. The zero-order chi connectivity index (χ0) is 9.19. The van der Waals surface area contributed by atoms with Crippen LogP contribution in [0.5, 0.6) is 0 Å². The number of rotatable bonds is 5. The van der Waals surface area contributed by atoms with Crippen LogP contribution in [0, 0.1) is 0 Å². The van der Waals surface area contributed by atoms with Crippen LogP contribution in [-0.2, 0) is 14.3 Å². The molecular formula is C9H14O3. The molecule has 1 saturated heterocycles. The maximum absolute atomic E-state index is 10.3. The molecule has 0 aromatic heterocycles. The molecule has 12 heavy (non-hydrogen) atoms. The number of hydrogen-bond acceptors (Lipinski definition) is 3. The van der Waals surface area contributed by atoms with Crippen molar-refractivity contribution >= 4 is 6.29 Å². The topological polar surface area (TPSA) is 38.8 Å².